The van der Waals surface area contributed by atoms with E-state index in [0.29, 0.717) is 22.0 Å². The van der Waals surface area contributed by atoms with Gasteiger partial charge in [-0.2, -0.15) is 0 Å². The molecule has 8 heteroatoms. The van der Waals surface area contributed by atoms with Crippen LogP contribution in [-0.4, -0.2) is 29.1 Å². The second-order valence-corrected chi connectivity index (χ2v) is 6.84. The van der Waals surface area contributed by atoms with Crippen LogP contribution in [0.15, 0.2) is 60.7 Å². The maximum Gasteiger partial charge on any atom is 0.305 e. The molecule has 0 bridgehead atoms. The summed E-state index contributed by atoms with van der Waals surface area (Å²) in [6.07, 6.45) is -0.482. The Morgan fingerprint density at radius 2 is 1.93 bits per heavy atom. The van der Waals surface area contributed by atoms with E-state index in [1.54, 1.807) is 36.4 Å². The van der Waals surface area contributed by atoms with Crippen LogP contribution in [0.3, 0.4) is 0 Å². The molecule has 1 amide bonds. The summed E-state index contributed by atoms with van der Waals surface area (Å²) in [4.78, 5) is 28.4. The van der Waals surface area contributed by atoms with Gasteiger partial charge in [-0.15, -0.1) is 0 Å². The van der Waals surface area contributed by atoms with E-state index in [-0.39, 0.29) is 11.3 Å². The predicted molar refractivity (Wildman–Crippen MR) is 110 cm³/mol. The topological polar surface area (TPSA) is 88.5 Å². The average molecular weight is 429 g/mol. The van der Waals surface area contributed by atoms with Gasteiger partial charge in [0, 0.05) is 16.1 Å². The molecule has 6 nitrogen and oxygen atoms in total. The van der Waals surface area contributed by atoms with Crippen LogP contribution in [0.25, 0.3) is 11.3 Å². The summed E-state index contributed by atoms with van der Waals surface area (Å²) in [5, 5.41) is 12.2. The van der Waals surface area contributed by atoms with E-state index in [2.05, 4.69) is 10.3 Å². The Morgan fingerprint density at radius 1 is 1.17 bits per heavy atom. The molecule has 0 aliphatic heterocycles. The minimum Gasteiger partial charge on any atom is -0.494 e. The molecule has 1 heterocycles. The lowest BCUT2D eigenvalue weighted by Gasteiger charge is -2.18. The Morgan fingerprint density at radius 3 is 2.60 bits per heavy atom. The number of hydrogen-bond donors (Lipinski definition) is 2. The van der Waals surface area contributed by atoms with Gasteiger partial charge in [0.25, 0.3) is 5.91 Å². The molecule has 1 aromatic heterocycles. The molecule has 3 rings (SSSR count). The van der Waals surface area contributed by atoms with E-state index in [9.17, 15) is 19.1 Å². The van der Waals surface area contributed by atoms with Crippen LogP contribution in [0, 0.1) is 5.82 Å². The quantitative estimate of drug-likeness (QED) is 0.578. The number of carbonyl (C=O) groups is 2. The normalized spacial score (nSPS) is 11.6. The smallest absolute Gasteiger partial charge is 0.305 e. The van der Waals surface area contributed by atoms with Crippen LogP contribution in [0.5, 0.6) is 5.75 Å². The Kier molecular flexibility index (Phi) is 6.64. The molecule has 0 saturated carbocycles. The van der Waals surface area contributed by atoms with Crippen LogP contribution in [0.1, 0.15) is 28.5 Å². The minimum absolute atomic E-state index is 0.0255. The number of ether oxygens (including phenoxy) is 1. The Hall–Kier alpha value is -3.45. The van der Waals surface area contributed by atoms with Crippen molar-refractivity contribution >= 4 is 23.5 Å². The van der Waals surface area contributed by atoms with Crippen molar-refractivity contribution in [3.8, 4) is 17.0 Å². The summed E-state index contributed by atoms with van der Waals surface area (Å²) in [7, 11) is 1.48. The van der Waals surface area contributed by atoms with Gasteiger partial charge in [-0.1, -0.05) is 41.9 Å². The number of pyridine rings is 1. The first-order valence-corrected chi connectivity index (χ1v) is 9.35. The number of amides is 1. The first kappa shape index (κ1) is 21.3. The fourth-order valence-electron chi connectivity index (χ4n) is 2.98. The Balaban J connectivity index is 1.94. The average Bonchev–Trinajstić information content (AvgIpc) is 2.72. The summed E-state index contributed by atoms with van der Waals surface area (Å²) < 4.78 is 19.5. The van der Waals surface area contributed by atoms with Crippen molar-refractivity contribution in [1.82, 2.24) is 10.3 Å². The highest BCUT2D eigenvalue weighted by Crippen LogP contribution is 2.30. The van der Waals surface area contributed by atoms with Crippen molar-refractivity contribution in [3.63, 3.8) is 0 Å². The van der Waals surface area contributed by atoms with Gasteiger partial charge in [-0.3, -0.25) is 9.59 Å². The number of hydrogen-bond acceptors (Lipinski definition) is 4. The van der Waals surface area contributed by atoms with Crippen molar-refractivity contribution in [2.45, 2.75) is 12.5 Å². The van der Waals surface area contributed by atoms with E-state index < -0.39 is 30.2 Å². The summed E-state index contributed by atoms with van der Waals surface area (Å²) in [5.41, 5.74) is 1.15. The van der Waals surface area contributed by atoms with Crippen LogP contribution < -0.4 is 10.1 Å². The van der Waals surface area contributed by atoms with Crippen LogP contribution in [-0.2, 0) is 4.79 Å². The Bertz CT molecular complexity index is 1090. The number of nitrogens with one attached hydrogen (secondary N) is 1. The number of halogens is 2. The lowest BCUT2D eigenvalue weighted by Crippen LogP contribution is -2.31. The van der Waals surface area contributed by atoms with Gasteiger partial charge >= 0.3 is 5.97 Å². The third-order valence-electron chi connectivity index (χ3n) is 4.37. The second kappa shape index (κ2) is 9.37. The van der Waals surface area contributed by atoms with Crippen LogP contribution in [0.4, 0.5) is 4.39 Å². The van der Waals surface area contributed by atoms with E-state index in [4.69, 9.17) is 16.3 Å². The molecule has 3 aromatic rings. The lowest BCUT2D eigenvalue weighted by atomic mass is 10.0. The first-order chi connectivity index (χ1) is 14.4. The monoisotopic (exact) mass is 428 g/mol. The number of carboxylic acids is 1. The minimum atomic E-state index is -1.18. The van der Waals surface area contributed by atoms with Crippen molar-refractivity contribution in [1.29, 1.82) is 0 Å². The summed E-state index contributed by atoms with van der Waals surface area (Å²) in [5.74, 6) is -1.99. The summed E-state index contributed by atoms with van der Waals surface area (Å²) >= 11 is 6.05. The van der Waals surface area contributed by atoms with Gasteiger partial charge in [0.15, 0.2) is 0 Å². The third-order valence-corrected chi connectivity index (χ3v) is 4.61. The lowest BCUT2D eigenvalue weighted by molar-refractivity contribution is -0.137. The van der Waals surface area contributed by atoms with Gasteiger partial charge in [-0.05, 0) is 30.3 Å². The highest BCUT2D eigenvalue weighted by molar-refractivity contribution is 6.30. The van der Waals surface area contributed by atoms with E-state index >= 15 is 0 Å². The highest BCUT2D eigenvalue weighted by atomic mass is 35.5. The van der Waals surface area contributed by atoms with Crippen LogP contribution in [0.2, 0.25) is 5.02 Å². The number of carbonyl (C=O) groups excluding carboxylic acids is 1. The van der Waals surface area contributed by atoms with Gasteiger partial charge in [0.05, 0.1) is 19.6 Å². The molecule has 1 atom stereocenters. The number of aromatic nitrogens is 1. The van der Waals surface area contributed by atoms with Gasteiger partial charge in [-0.25, -0.2) is 9.37 Å². The molecule has 30 heavy (non-hydrogen) atoms. The molecule has 0 unspecified atom stereocenters. The molecule has 0 saturated heterocycles. The first-order valence-electron chi connectivity index (χ1n) is 8.97. The fourth-order valence-corrected chi connectivity index (χ4v) is 3.17. The van der Waals surface area contributed by atoms with Crippen molar-refractivity contribution in [2.24, 2.45) is 0 Å². The van der Waals surface area contributed by atoms with Crippen LogP contribution >= 0.6 is 11.6 Å². The predicted octanol–water partition coefficient (Wildman–Crippen LogP) is 4.50. The molecule has 154 valence electrons. The molecule has 0 fully saturated rings. The van der Waals surface area contributed by atoms with Crippen molar-refractivity contribution < 1.29 is 23.8 Å². The standard InChI is InChI=1S/C22H18ClFN2O4/c1-30-19-10-9-17(25-21(19)13-5-4-6-14(23)11-13)22(29)26-18(12-20(27)28)15-7-2-3-8-16(15)24/h2-11,18H,12H2,1H3,(H,26,29)(H,27,28)/t18-/m0/s1. The molecule has 2 N–H and O–H groups in total. The number of rotatable bonds is 7. The maximum atomic E-state index is 14.2. The molecule has 2 aromatic carbocycles. The molecule has 0 aliphatic rings. The second-order valence-electron chi connectivity index (χ2n) is 6.40. The van der Waals surface area contributed by atoms with E-state index in [0.717, 1.165) is 0 Å². The number of nitrogens with zero attached hydrogens (tertiary/aromatic N) is 1. The maximum absolute atomic E-state index is 14.2. The number of aliphatic carboxylic acids is 1. The zero-order chi connectivity index (χ0) is 21.7. The van der Waals surface area contributed by atoms with Gasteiger partial charge < -0.3 is 15.2 Å². The molecule has 0 radical (unpaired) electrons. The SMILES string of the molecule is COc1ccc(C(=O)N[C@@H](CC(=O)O)c2ccccc2F)nc1-c1cccc(Cl)c1. The fraction of sp³-hybridized carbons (Fsp3) is 0.136. The summed E-state index contributed by atoms with van der Waals surface area (Å²) in [6, 6.07) is 14.6. The number of carboxylic acid groups (broad SMARTS) is 1. The van der Waals surface area contributed by atoms with E-state index in [1.807, 2.05) is 0 Å². The van der Waals surface area contributed by atoms with Crippen molar-refractivity contribution in [2.75, 3.05) is 7.11 Å². The molecular weight excluding hydrogens is 411 g/mol. The zero-order valence-electron chi connectivity index (χ0n) is 15.9. The van der Waals surface area contributed by atoms with Gasteiger partial charge in [0.2, 0.25) is 0 Å². The third kappa shape index (κ3) is 4.93. The zero-order valence-corrected chi connectivity index (χ0v) is 16.7. The largest absolute Gasteiger partial charge is 0.494 e. The van der Waals surface area contributed by atoms with Crippen molar-refractivity contribution in [3.05, 3.63) is 82.8 Å². The summed E-state index contributed by atoms with van der Waals surface area (Å²) in [6.45, 7) is 0. The van der Waals surface area contributed by atoms with Gasteiger partial charge in [0.1, 0.15) is 23.0 Å². The Labute approximate surface area is 177 Å². The molecule has 0 spiro atoms. The highest BCUT2D eigenvalue weighted by Gasteiger charge is 2.23. The number of methoxy groups -OCH3 is 1. The number of benzene rings is 2. The molecule has 0 aliphatic carbocycles. The van der Waals surface area contributed by atoms with E-state index in [1.165, 1.54) is 31.4 Å². The molecular formula is C22H18ClFN2O4.